The van der Waals surface area contributed by atoms with Crippen LogP contribution < -0.4 is 5.73 Å². The molecule has 1 saturated heterocycles. The molecular formula is C15H23N3S. The lowest BCUT2D eigenvalue weighted by atomic mass is 10.1. The number of benzene rings is 1. The number of hydrogen-bond donors (Lipinski definition) is 1. The molecule has 1 heterocycles. The fraction of sp³-hybridized carbons (Fsp3) is 0.533. The molecule has 2 N–H and O–H groups in total. The Balaban J connectivity index is 1.85. The zero-order valence-corrected chi connectivity index (χ0v) is 12.6. The van der Waals surface area contributed by atoms with Crippen LogP contribution in [0.1, 0.15) is 18.1 Å². The number of nitrogens with two attached hydrogens (primary N) is 1. The monoisotopic (exact) mass is 277 g/mol. The summed E-state index contributed by atoms with van der Waals surface area (Å²) < 4.78 is 0. The highest BCUT2D eigenvalue weighted by Gasteiger charge is 2.22. The first-order valence-electron chi connectivity index (χ1n) is 6.87. The Morgan fingerprint density at radius 2 is 2.00 bits per heavy atom. The molecule has 1 unspecified atom stereocenters. The molecule has 1 aliphatic heterocycles. The van der Waals surface area contributed by atoms with Crippen LogP contribution in [-0.4, -0.2) is 47.0 Å². The van der Waals surface area contributed by atoms with Crippen LogP contribution in [0.3, 0.4) is 0 Å². The van der Waals surface area contributed by atoms with Gasteiger partial charge >= 0.3 is 0 Å². The minimum Gasteiger partial charge on any atom is -0.392 e. The van der Waals surface area contributed by atoms with Crippen LogP contribution in [0.5, 0.6) is 0 Å². The van der Waals surface area contributed by atoms with Gasteiger partial charge in [-0.15, -0.1) is 0 Å². The van der Waals surface area contributed by atoms with Crippen molar-refractivity contribution in [2.75, 3.05) is 26.2 Å². The van der Waals surface area contributed by atoms with Gasteiger partial charge in [-0.05, 0) is 19.4 Å². The summed E-state index contributed by atoms with van der Waals surface area (Å²) in [6.45, 7) is 9.54. The quantitative estimate of drug-likeness (QED) is 0.851. The number of aryl methyl sites for hydroxylation is 1. The predicted molar refractivity (Wildman–Crippen MR) is 84.3 cm³/mol. The van der Waals surface area contributed by atoms with E-state index in [9.17, 15) is 0 Å². The molecule has 0 amide bonds. The molecule has 0 aliphatic carbocycles. The normalized spacial score (nSPS) is 19.3. The first-order valence-corrected chi connectivity index (χ1v) is 7.28. The SMILES string of the molecule is Cc1cccc(CN2CCN(C(C)C(N)=S)CC2)c1. The Morgan fingerprint density at radius 3 is 2.58 bits per heavy atom. The average molecular weight is 277 g/mol. The van der Waals surface area contributed by atoms with Gasteiger partial charge in [-0.1, -0.05) is 42.0 Å². The van der Waals surface area contributed by atoms with Crippen LogP contribution in [0, 0.1) is 6.92 Å². The minimum atomic E-state index is 0.219. The molecule has 1 atom stereocenters. The molecule has 104 valence electrons. The van der Waals surface area contributed by atoms with Crippen molar-refractivity contribution in [3.8, 4) is 0 Å². The highest BCUT2D eigenvalue weighted by molar-refractivity contribution is 7.80. The zero-order chi connectivity index (χ0) is 13.8. The molecule has 19 heavy (non-hydrogen) atoms. The molecule has 0 aromatic heterocycles. The summed E-state index contributed by atoms with van der Waals surface area (Å²) in [5.74, 6) is 0. The van der Waals surface area contributed by atoms with Gasteiger partial charge in [0.25, 0.3) is 0 Å². The third-order valence-corrected chi connectivity index (χ3v) is 4.20. The fourth-order valence-electron chi connectivity index (χ4n) is 2.56. The Morgan fingerprint density at radius 1 is 1.32 bits per heavy atom. The predicted octanol–water partition coefficient (Wildman–Crippen LogP) is 1.79. The van der Waals surface area contributed by atoms with Crippen LogP contribution in [-0.2, 0) is 6.54 Å². The summed E-state index contributed by atoms with van der Waals surface area (Å²) >= 11 is 5.07. The smallest absolute Gasteiger partial charge is 0.0899 e. The van der Waals surface area contributed by atoms with Gasteiger partial charge in [0.15, 0.2) is 0 Å². The average Bonchev–Trinajstić information content (AvgIpc) is 2.39. The summed E-state index contributed by atoms with van der Waals surface area (Å²) in [5.41, 5.74) is 8.45. The highest BCUT2D eigenvalue weighted by Crippen LogP contribution is 2.12. The molecule has 1 aromatic carbocycles. The first-order chi connectivity index (χ1) is 9.06. The van der Waals surface area contributed by atoms with Gasteiger partial charge in [0, 0.05) is 32.7 Å². The van der Waals surface area contributed by atoms with Crippen molar-refractivity contribution in [1.82, 2.24) is 9.80 Å². The van der Waals surface area contributed by atoms with Crippen molar-refractivity contribution in [1.29, 1.82) is 0 Å². The fourth-order valence-corrected chi connectivity index (χ4v) is 2.71. The summed E-state index contributed by atoms with van der Waals surface area (Å²) in [7, 11) is 0. The zero-order valence-electron chi connectivity index (χ0n) is 11.8. The summed E-state index contributed by atoms with van der Waals surface area (Å²) in [6, 6.07) is 8.97. The summed E-state index contributed by atoms with van der Waals surface area (Å²) in [4.78, 5) is 5.47. The Kier molecular flexibility index (Phi) is 4.91. The lowest BCUT2D eigenvalue weighted by Crippen LogP contribution is -2.52. The van der Waals surface area contributed by atoms with Gasteiger partial charge in [0.2, 0.25) is 0 Å². The third-order valence-electron chi connectivity index (χ3n) is 3.86. The van der Waals surface area contributed by atoms with Crippen LogP contribution in [0.4, 0.5) is 0 Å². The van der Waals surface area contributed by atoms with E-state index in [0.717, 1.165) is 32.7 Å². The van der Waals surface area contributed by atoms with E-state index in [2.05, 4.69) is 47.9 Å². The van der Waals surface area contributed by atoms with E-state index < -0.39 is 0 Å². The van der Waals surface area contributed by atoms with E-state index in [-0.39, 0.29) is 6.04 Å². The molecule has 0 saturated carbocycles. The summed E-state index contributed by atoms with van der Waals surface area (Å²) in [6.07, 6.45) is 0. The van der Waals surface area contributed by atoms with Gasteiger partial charge in [0.1, 0.15) is 0 Å². The second kappa shape index (κ2) is 6.46. The van der Waals surface area contributed by atoms with Crippen molar-refractivity contribution in [2.45, 2.75) is 26.4 Å². The molecule has 0 bridgehead atoms. The van der Waals surface area contributed by atoms with Gasteiger partial charge in [-0.2, -0.15) is 0 Å². The van der Waals surface area contributed by atoms with E-state index in [1.165, 1.54) is 11.1 Å². The van der Waals surface area contributed by atoms with Crippen molar-refractivity contribution in [3.05, 3.63) is 35.4 Å². The molecule has 2 rings (SSSR count). The molecule has 3 nitrogen and oxygen atoms in total. The number of hydrogen-bond acceptors (Lipinski definition) is 3. The standard InChI is InChI=1S/C15H23N3S/c1-12-4-3-5-14(10-12)11-17-6-8-18(9-7-17)13(2)15(16)19/h3-5,10,13H,6-9,11H2,1-2H3,(H2,16,19). The molecule has 4 heteroatoms. The van der Waals surface area contributed by atoms with Gasteiger partial charge < -0.3 is 5.73 Å². The van der Waals surface area contributed by atoms with E-state index in [4.69, 9.17) is 18.0 Å². The van der Waals surface area contributed by atoms with Crippen LogP contribution in [0.15, 0.2) is 24.3 Å². The minimum absolute atomic E-state index is 0.219. The Labute approximate surface area is 121 Å². The molecule has 1 aromatic rings. The van der Waals surface area contributed by atoms with Crippen molar-refractivity contribution in [3.63, 3.8) is 0 Å². The van der Waals surface area contributed by atoms with Gasteiger partial charge in [-0.25, -0.2) is 0 Å². The topological polar surface area (TPSA) is 32.5 Å². The van der Waals surface area contributed by atoms with E-state index in [1.807, 2.05) is 0 Å². The Hall–Kier alpha value is -0.970. The lowest BCUT2D eigenvalue weighted by Gasteiger charge is -2.37. The van der Waals surface area contributed by atoms with E-state index in [0.29, 0.717) is 4.99 Å². The van der Waals surface area contributed by atoms with E-state index >= 15 is 0 Å². The van der Waals surface area contributed by atoms with Crippen molar-refractivity contribution >= 4 is 17.2 Å². The number of thiocarbonyl (C=S) groups is 1. The van der Waals surface area contributed by atoms with Crippen LogP contribution >= 0.6 is 12.2 Å². The van der Waals surface area contributed by atoms with Crippen molar-refractivity contribution in [2.24, 2.45) is 5.73 Å². The third kappa shape index (κ3) is 4.00. The molecule has 1 fully saturated rings. The largest absolute Gasteiger partial charge is 0.392 e. The first kappa shape index (κ1) is 14.4. The Bertz CT molecular complexity index is 439. The van der Waals surface area contributed by atoms with Crippen LogP contribution in [0.2, 0.25) is 0 Å². The second-order valence-electron chi connectivity index (χ2n) is 5.38. The lowest BCUT2D eigenvalue weighted by molar-refractivity contribution is 0.118. The maximum Gasteiger partial charge on any atom is 0.0899 e. The molecular weight excluding hydrogens is 254 g/mol. The maximum absolute atomic E-state index is 5.72. The number of piperazine rings is 1. The number of nitrogens with zero attached hydrogens (tertiary/aromatic N) is 2. The maximum atomic E-state index is 5.72. The molecule has 1 aliphatic rings. The highest BCUT2D eigenvalue weighted by atomic mass is 32.1. The summed E-state index contributed by atoms with van der Waals surface area (Å²) in [5, 5.41) is 0. The van der Waals surface area contributed by atoms with Gasteiger partial charge in [0.05, 0.1) is 11.0 Å². The molecule has 0 radical (unpaired) electrons. The van der Waals surface area contributed by atoms with Crippen molar-refractivity contribution < 1.29 is 0 Å². The second-order valence-corrected chi connectivity index (χ2v) is 5.85. The van der Waals surface area contributed by atoms with Gasteiger partial charge in [-0.3, -0.25) is 9.80 Å². The van der Waals surface area contributed by atoms with E-state index in [1.54, 1.807) is 0 Å². The molecule has 0 spiro atoms. The van der Waals surface area contributed by atoms with Crippen LogP contribution in [0.25, 0.3) is 0 Å². The number of rotatable bonds is 4.